The van der Waals surface area contributed by atoms with Gasteiger partial charge in [0.25, 0.3) is 0 Å². The van der Waals surface area contributed by atoms with Gasteiger partial charge in [0.2, 0.25) is 0 Å². The number of carboxylic acid groups (broad SMARTS) is 1. The molecule has 2 aromatic rings. The molecule has 1 aromatic carbocycles. The third kappa shape index (κ3) is 2.71. The number of rotatable bonds is 5. The molecule has 0 saturated carbocycles. The van der Waals surface area contributed by atoms with Gasteiger partial charge in [-0.25, -0.2) is 0 Å². The van der Waals surface area contributed by atoms with Crippen molar-refractivity contribution in [3.05, 3.63) is 30.0 Å². The molecule has 1 unspecified atom stereocenters. The molecule has 1 aromatic heterocycles. The first-order valence-electron chi connectivity index (χ1n) is 6.75. The van der Waals surface area contributed by atoms with Crippen LogP contribution in [0.25, 0.3) is 10.8 Å². The highest BCUT2D eigenvalue weighted by Gasteiger charge is 2.20. The fourth-order valence-corrected chi connectivity index (χ4v) is 2.24. The summed E-state index contributed by atoms with van der Waals surface area (Å²) in [4.78, 5) is 12.9. The Balaban J connectivity index is 2.58. The van der Waals surface area contributed by atoms with Crippen molar-refractivity contribution in [2.75, 3.05) is 11.4 Å². The van der Waals surface area contributed by atoms with Gasteiger partial charge in [0, 0.05) is 16.8 Å². The summed E-state index contributed by atoms with van der Waals surface area (Å²) in [5.74, 6) is -0.222. The highest BCUT2D eigenvalue weighted by Crippen LogP contribution is 2.27. The second kappa shape index (κ2) is 5.86. The molecule has 0 aliphatic rings. The first-order valence-corrected chi connectivity index (χ1v) is 6.75. The van der Waals surface area contributed by atoms with E-state index in [1.54, 1.807) is 4.90 Å². The summed E-state index contributed by atoms with van der Waals surface area (Å²) in [6.45, 7) is 5.86. The predicted octanol–water partition coefficient (Wildman–Crippen LogP) is 2.63. The van der Waals surface area contributed by atoms with Crippen LogP contribution in [0.3, 0.4) is 0 Å². The molecule has 20 heavy (non-hydrogen) atoms. The Kier molecular flexibility index (Phi) is 4.17. The van der Waals surface area contributed by atoms with Gasteiger partial charge in [-0.2, -0.15) is 5.10 Å². The molecule has 1 N–H and O–H groups in total. The second-order valence-corrected chi connectivity index (χ2v) is 4.93. The van der Waals surface area contributed by atoms with Crippen molar-refractivity contribution in [1.82, 2.24) is 10.2 Å². The maximum atomic E-state index is 11.1. The monoisotopic (exact) mass is 273 g/mol. The van der Waals surface area contributed by atoms with Crippen LogP contribution in [0.5, 0.6) is 0 Å². The summed E-state index contributed by atoms with van der Waals surface area (Å²) in [7, 11) is 0. The molecule has 0 spiro atoms. The standard InChI is InChI=1S/C15H19N3O2/c1-4-10(2)18(9-14(19)20)15-13-8-6-5-7-12(13)11(3)16-17-15/h5-8,10H,4,9H2,1-3H3,(H,19,20). The molecule has 5 heteroatoms. The molecule has 106 valence electrons. The fourth-order valence-electron chi connectivity index (χ4n) is 2.24. The van der Waals surface area contributed by atoms with Crippen LogP contribution in [0.2, 0.25) is 0 Å². The van der Waals surface area contributed by atoms with Gasteiger partial charge >= 0.3 is 5.97 Å². The highest BCUT2D eigenvalue weighted by atomic mass is 16.4. The normalized spacial score (nSPS) is 12.3. The van der Waals surface area contributed by atoms with Crippen LogP contribution in [0.15, 0.2) is 24.3 Å². The van der Waals surface area contributed by atoms with E-state index in [-0.39, 0.29) is 12.6 Å². The minimum absolute atomic E-state index is 0.0727. The molecular formula is C15H19N3O2. The lowest BCUT2D eigenvalue weighted by molar-refractivity contribution is -0.135. The molecule has 0 fully saturated rings. The lowest BCUT2D eigenvalue weighted by Crippen LogP contribution is -2.38. The predicted molar refractivity (Wildman–Crippen MR) is 79.0 cm³/mol. The summed E-state index contributed by atoms with van der Waals surface area (Å²) >= 11 is 0. The summed E-state index contributed by atoms with van der Waals surface area (Å²) in [6.07, 6.45) is 0.844. The fraction of sp³-hybridized carbons (Fsp3) is 0.400. The number of hydrogen-bond acceptors (Lipinski definition) is 4. The van der Waals surface area contributed by atoms with Crippen LogP contribution in [-0.4, -0.2) is 33.9 Å². The van der Waals surface area contributed by atoms with Crippen molar-refractivity contribution < 1.29 is 9.90 Å². The Morgan fingerprint density at radius 3 is 2.55 bits per heavy atom. The molecule has 0 amide bonds. The van der Waals surface area contributed by atoms with Crippen LogP contribution in [0.1, 0.15) is 26.0 Å². The Morgan fingerprint density at radius 1 is 1.30 bits per heavy atom. The van der Waals surface area contributed by atoms with Crippen molar-refractivity contribution in [1.29, 1.82) is 0 Å². The molecule has 2 rings (SSSR count). The number of fused-ring (bicyclic) bond motifs is 1. The summed E-state index contributed by atoms with van der Waals surface area (Å²) in [6, 6.07) is 7.92. The zero-order valence-corrected chi connectivity index (χ0v) is 12.0. The maximum absolute atomic E-state index is 11.1. The number of carbonyl (C=O) groups is 1. The quantitative estimate of drug-likeness (QED) is 0.907. The van der Waals surface area contributed by atoms with E-state index in [1.807, 2.05) is 45.0 Å². The molecule has 1 heterocycles. The molecule has 0 aliphatic heterocycles. The molecular weight excluding hydrogens is 254 g/mol. The van der Waals surface area contributed by atoms with Gasteiger partial charge in [0.1, 0.15) is 6.54 Å². The zero-order valence-electron chi connectivity index (χ0n) is 12.0. The SMILES string of the molecule is CCC(C)N(CC(=O)O)c1nnc(C)c2ccccc12. The Hall–Kier alpha value is -2.17. The average Bonchev–Trinajstić information content (AvgIpc) is 2.45. The first kappa shape index (κ1) is 14.2. The first-order chi connectivity index (χ1) is 9.54. The number of aliphatic carboxylic acids is 1. The van der Waals surface area contributed by atoms with Crippen molar-refractivity contribution >= 4 is 22.6 Å². The van der Waals surface area contributed by atoms with Gasteiger partial charge in [-0.1, -0.05) is 31.2 Å². The van der Waals surface area contributed by atoms with Gasteiger partial charge in [-0.15, -0.1) is 5.10 Å². The number of aromatic nitrogens is 2. The van der Waals surface area contributed by atoms with Crippen molar-refractivity contribution in [2.24, 2.45) is 0 Å². The number of hydrogen-bond donors (Lipinski definition) is 1. The van der Waals surface area contributed by atoms with Crippen molar-refractivity contribution in [3.8, 4) is 0 Å². The number of carboxylic acids is 1. The molecule has 5 nitrogen and oxygen atoms in total. The lowest BCUT2D eigenvalue weighted by Gasteiger charge is -2.28. The lowest BCUT2D eigenvalue weighted by atomic mass is 10.1. The van der Waals surface area contributed by atoms with E-state index in [4.69, 9.17) is 5.11 Å². The molecule has 0 aliphatic carbocycles. The van der Waals surface area contributed by atoms with E-state index in [0.29, 0.717) is 5.82 Å². The minimum atomic E-state index is -0.864. The smallest absolute Gasteiger partial charge is 0.323 e. The topological polar surface area (TPSA) is 66.3 Å². The van der Waals surface area contributed by atoms with Gasteiger partial charge < -0.3 is 10.0 Å². The Morgan fingerprint density at radius 2 is 1.95 bits per heavy atom. The van der Waals surface area contributed by atoms with Gasteiger partial charge in [0.15, 0.2) is 5.82 Å². The third-order valence-electron chi connectivity index (χ3n) is 3.55. The number of nitrogens with zero attached hydrogens (tertiary/aromatic N) is 3. The van der Waals surface area contributed by atoms with E-state index < -0.39 is 5.97 Å². The summed E-state index contributed by atoms with van der Waals surface area (Å²) in [5, 5.41) is 19.5. The number of benzene rings is 1. The largest absolute Gasteiger partial charge is 0.480 e. The van der Waals surface area contributed by atoms with E-state index in [0.717, 1.165) is 22.9 Å². The molecule has 0 radical (unpaired) electrons. The van der Waals surface area contributed by atoms with Crippen LogP contribution in [0.4, 0.5) is 5.82 Å². The van der Waals surface area contributed by atoms with E-state index in [1.165, 1.54) is 0 Å². The van der Waals surface area contributed by atoms with Crippen LogP contribution >= 0.6 is 0 Å². The van der Waals surface area contributed by atoms with Gasteiger partial charge in [-0.3, -0.25) is 4.79 Å². The summed E-state index contributed by atoms with van der Waals surface area (Å²) in [5.41, 5.74) is 0.851. The summed E-state index contributed by atoms with van der Waals surface area (Å²) < 4.78 is 0. The van der Waals surface area contributed by atoms with Crippen LogP contribution in [-0.2, 0) is 4.79 Å². The van der Waals surface area contributed by atoms with E-state index >= 15 is 0 Å². The van der Waals surface area contributed by atoms with Crippen molar-refractivity contribution in [3.63, 3.8) is 0 Å². The average molecular weight is 273 g/mol. The number of anilines is 1. The van der Waals surface area contributed by atoms with Gasteiger partial charge in [0.05, 0.1) is 5.69 Å². The Bertz CT molecular complexity index is 628. The second-order valence-electron chi connectivity index (χ2n) is 4.93. The Labute approximate surface area is 118 Å². The third-order valence-corrected chi connectivity index (χ3v) is 3.55. The molecule has 0 bridgehead atoms. The van der Waals surface area contributed by atoms with E-state index in [2.05, 4.69) is 10.2 Å². The van der Waals surface area contributed by atoms with Crippen LogP contribution < -0.4 is 4.90 Å². The minimum Gasteiger partial charge on any atom is -0.480 e. The van der Waals surface area contributed by atoms with E-state index in [9.17, 15) is 4.79 Å². The van der Waals surface area contributed by atoms with Gasteiger partial charge in [-0.05, 0) is 20.3 Å². The maximum Gasteiger partial charge on any atom is 0.323 e. The molecule has 1 atom stereocenters. The molecule has 0 saturated heterocycles. The highest BCUT2D eigenvalue weighted by molar-refractivity contribution is 5.94. The van der Waals surface area contributed by atoms with Crippen LogP contribution in [0, 0.1) is 6.92 Å². The number of aryl methyl sites for hydroxylation is 1. The zero-order chi connectivity index (χ0) is 14.7. The van der Waals surface area contributed by atoms with Crippen molar-refractivity contribution in [2.45, 2.75) is 33.2 Å².